The van der Waals surface area contributed by atoms with Crippen molar-refractivity contribution in [2.45, 2.75) is 71.1 Å². The third-order valence-corrected chi connectivity index (χ3v) is 4.97. The van der Waals surface area contributed by atoms with Gasteiger partial charge in [0.15, 0.2) is 0 Å². The van der Waals surface area contributed by atoms with Crippen LogP contribution in [0.5, 0.6) is 0 Å². The van der Waals surface area contributed by atoms with Crippen molar-refractivity contribution < 1.29 is 9.90 Å². The number of amides is 1. The van der Waals surface area contributed by atoms with E-state index in [-0.39, 0.29) is 17.9 Å². The molecule has 1 saturated carbocycles. The average Bonchev–Trinajstić information content (AvgIpc) is 2.90. The molecule has 1 spiro atoms. The molecule has 1 saturated heterocycles. The number of likely N-dealkylation sites (tertiary alicyclic amines) is 1. The number of aliphatic imine (C=N–C) groups is 1. The zero-order valence-corrected chi connectivity index (χ0v) is 13.4. The molecule has 1 heterocycles. The minimum Gasteiger partial charge on any atom is -0.395 e. The van der Waals surface area contributed by atoms with Crippen molar-refractivity contribution >= 4 is 11.7 Å². The summed E-state index contributed by atoms with van der Waals surface area (Å²) >= 11 is 0. The number of hydrogen-bond donors (Lipinski definition) is 1. The van der Waals surface area contributed by atoms with E-state index < -0.39 is 0 Å². The van der Waals surface area contributed by atoms with Crippen LogP contribution in [0.15, 0.2) is 4.99 Å². The predicted molar refractivity (Wildman–Crippen MR) is 85.4 cm³/mol. The van der Waals surface area contributed by atoms with E-state index in [1.54, 1.807) is 4.90 Å². The molecule has 1 aliphatic carbocycles. The summed E-state index contributed by atoms with van der Waals surface area (Å²) in [4.78, 5) is 18.9. The Morgan fingerprint density at radius 1 is 1.19 bits per heavy atom. The fraction of sp³-hybridized carbons (Fsp3) is 0.882. The van der Waals surface area contributed by atoms with Crippen molar-refractivity contribution in [3.8, 4) is 0 Å². The first-order valence-electron chi connectivity index (χ1n) is 8.65. The summed E-state index contributed by atoms with van der Waals surface area (Å²) in [7, 11) is 0. The highest BCUT2D eigenvalue weighted by Gasteiger charge is 2.43. The Kier molecular flexibility index (Phi) is 6.22. The lowest BCUT2D eigenvalue weighted by atomic mass is 9.76. The Bertz CT molecular complexity index is 373. The summed E-state index contributed by atoms with van der Waals surface area (Å²) in [6.07, 6.45) is 11.2. The molecule has 2 fully saturated rings. The second-order valence-corrected chi connectivity index (χ2v) is 6.69. The van der Waals surface area contributed by atoms with Gasteiger partial charge in [-0.25, -0.2) is 0 Å². The maximum Gasteiger partial charge on any atom is 0.228 e. The van der Waals surface area contributed by atoms with E-state index in [0.29, 0.717) is 13.0 Å². The number of rotatable bonds is 7. The number of β-amino-alcohol motifs (C(OH)–C–C–N with tert-alkyl or cyclic N) is 1. The van der Waals surface area contributed by atoms with Crippen molar-refractivity contribution in [1.29, 1.82) is 0 Å². The number of aliphatic hydroxyl groups excluding tert-OH is 1. The number of hydrogen-bond acceptors (Lipinski definition) is 3. The lowest BCUT2D eigenvalue weighted by Crippen LogP contribution is -2.48. The molecule has 2 aliphatic rings. The average molecular weight is 294 g/mol. The van der Waals surface area contributed by atoms with Crippen LogP contribution in [-0.4, -0.2) is 41.4 Å². The number of piperidine rings is 1. The highest BCUT2D eigenvalue weighted by Crippen LogP contribution is 2.47. The van der Waals surface area contributed by atoms with Crippen molar-refractivity contribution in [3.05, 3.63) is 0 Å². The predicted octanol–water partition coefficient (Wildman–Crippen LogP) is 3.14. The lowest BCUT2D eigenvalue weighted by Gasteiger charge is -2.39. The molecule has 4 heteroatoms. The van der Waals surface area contributed by atoms with Gasteiger partial charge in [-0.15, -0.1) is 0 Å². The monoisotopic (exact) mass is 294 g/mol. The molecule has 0 aromatic rings. The summed E-state index contributed by atoms with van der Waals surface area (Å²) in [5.41, 5.74) is 0.186. The van der Waals surface area contributed by atoms with E-state index in [1.807, 2.05) is 0 Å². The molecule has 0 unspecified atom stereocenters. The zero-order chi connectivity index (χ0) is 15.1. The fourth-order valence-electron chi connectivity index (χ4n) is 3.77. The standard InChI is InChI=1S/C17H30N2O2/c1-2-3-4-7-10-18-15-13-17(8-5-6-9-17)14-16(21)19(15)11-12-20/h20H,2-14H2,1H3. The van der Waals surface area contributed by atoms with Gasteiger partial charge in [0, 0.05) is 19.4 Å². The van der Waals surface area contributed by atoms with E-state index in [4.69, 9.17) is 4.99 Å². The highest BCUT2D eigenvalue weighted by molar-refractivity contribution is 6.01. The van der Waals surface area contributed by atoms with Crippen LogP contribution >= 0.6 is 0 Å². The Labute approximate surface area is 128 Å². The topological polar surface area (TPSA) is 52.9 Å². The first kappa shape index (κ1) is 16.5. The van der Waals surface area contributed by atoms with Gasteiger partial charge in [-0.1, -0.05) is 39.0 Å². The minimum absolute atomic E-state index is 0.0214. The van der Waals surface area contributed by atoms with Crippen LogP contribution in [0.1, 0.15) is 71.1 Å². The van der Waals surface area contributed by atoms with E-state index in [1.165, 1.54) is 44.9 Å². The summed E-state index contributed by atoms with van der Waals surface area (Å²) in [6.45, 7) is 3.45. The van der Waals surface area contributed by atoms with E-state index in [9.17, 15) is 9.90 Å². The molecule has 1 amide bonds. The Morgan fingerprint density at radius 3 is 2.62 bits per heavy atom. The largest absolute Gasteiger partial charge is 0.395 e. The van der Waals surface area contributed by atoms with Gasteiger partial charge in [0.05, 0.1) is 13.2 Å². The molecule has 0 bridgehead atoms. The second-order valence-electron chi connectivity index (χ2n) is 6.69. The van der Waals surface area contributed by atoms with Crippen molar-refractivity contribution in [3.63, 3.8) is 0 Å². The Hall–Kier alpha value is -0.900. The second kappa shape index (κ2) is 7.92. The van der Waals surface area contributed by atoms with Crippen LogP contribution in [0.2, 0.25) is 0 Å². The molecule has 1 N–H and O–H groups in total. The van der Waals surface area contributed by atoms with Crippen LogP contribution in [-0.2, 0) is 4.79 Å². The Balaban J connectivity index is 2.00. The molecule has 0 aromatic heterocycles. The quantitative estimate of drug-likeness (QED) is 0.733. The number of nitrogens with zero attached hydrogens (tertiary/aromatic N) is 2. The molecular weight excluding hydrogens is 264 g/mol. The molecular formula is C17H30N2O2. The summed E-state index contributed by atoms with van der Waals surface area (Å²) in [5.74, 6) is 1.11. The molecule has 0 radical (unpaired) electrons. The zero-order valence-electron chi connectivity index (χ0n) is 13.4. The molecule has 120 valence electrons. The van der Waals surface area contributed by atoms with Gasteiger partial charge >= 0.3 is 0 Å². The van der Waals surface area contributed by atoms with Crippen LogP contribution in [0, 0.1) is 5.41 Å². The van der Waals surface area contributed by atoms with Crippen LogP contribution in [0.25, 0.3) is 0 Å². The van der Waals surface area contributed by atoms with Gasteiger partial charge in [-0.05, 0) is 24.7 Å². The molecule has 0 aromatic carbocycles. The summed E-state index contributed by atoms with van der Waals surface area (Å²) in [5, 5.41) is 9.20. The van der Waals surface area contributed by atoms with Gasteiger partial charge < -0.3 is 5.11 Å². The number of amidine groups is 1. The summed E-state index contributed by atoms with van der Waals surface area (Å²) < 4.78 is 0. The molecule has 4 nitrogen and oxygen atoms in total. The minimum atomic E-state index is 0.0214. The normalized spacial score (nSPS) is 23.4. The Morgan fingerprint density at radius 2 is 1.95 bits per heavy atom. The third-order valence-electron chi connectivity index (χ3n) is 4.97. The van der Waals surface area contributed by atoms with Gasteiger partial charge in [0.25, 0.3) is 0 Å². The van der Waals surface area contributed by atoms with Gasteiger partial charge in [-0.3, -0.25) is 14.7 Å². The number of unbranched alkanes of at least 4 members (excludes halogenated alkanes) is 3. The van der Waals surface area contributed by atoms with E-state index in [2.05, 4.69) is 6.92 Å². The van der Waals surface area contributed by atoms with Crippen molar-refractivity contribution in [1.82, 2.24) is 4.90 Å². The number of carbonyl (C=O) groups excluding carboxylic acids is 1. The molecule has 2 rings (SSSR count). The van der Waals surface area contributed by atoms with Crippen molar-refractivity contribution in [2.24, 2.45) is 10.4 Å². The molecule has 0 atom stereocenters. The lowest BCUT2D eigenvalue weighted by molar-refractivity contribution is -0.132. The third kappa shape index (κ3) is 4.29. The highest BCUT2D eigenvalue weighted by atomic mass is 16.3. The first-order chi connectivity index (χ1) is 10.2. The molecule has 21 heavy (non-hydrogen) atoms. The number of aliphatic hydroxyl groups is 1. The summed E-state index contributed by atoms with van der Waals surface area (Å²) in [6, 6.07) is 0. The van der Waals surface area contributed by atoms with Crippen LogP contribution < -0.4 is 0 Å². The van der Waals surface area contributed by atoms with Crippen LogP contribution in [0.3, 0.4) is 0 Å². The number of carbonyl (C=O) groups is 1. The van der Waals surface area contributed by atoms with Crippen molar-refractivity contribution in [2.75, 3.05) is 19.7 Å². The van der Waals surface area contributed by atoms with E-state index in [0.717, 1.165) is 25.2 Å². The van der Waals surface area contributed by atoms with Gasteiger partial charge in [-0.2, -0.15) is 0 Å². The van der Waals surface area contributed by atoms with Crippen LogP contribution in [0.4, 0.5) is 0 Å². The fourth-order valence-corrected chi connectivity index (χ4v) is 3.77. The smallest absolute Gasteiger partial charge is 0.228 e. The maximum atomic E-state index is 12.4. The van der Waals surface area contributed by atoms with Gasteiger partial charge in [0.1, 0.15) is 5.84 Å². The maximum absolute atomic E-state index is 12.4. The van der Waals surface area contributed by atoms with Gasteiger partial charge in [0.2, 0.25) is 5.91 Å². The SMILES string of the molecule is CCCCCCN=C1CC2(CCCC2)CC(=O)N1CCO. The molecule has 1 aliphatic heterocycles. The van der Waals surface area contributed by atoms with E-state index >= 15 is 0 Å². The first-order valence-corrected chi connectivity index (χ1v) is 8.65.